The third-order valence-electron chi connectivity index (χ3n) is 4.42. The van der Waals surface area contributed by atoms with E-state index in [2.05, 4.69) is 53.4 Å². The van der Waals surface area contributed by atoms with Crippen molar-refractivity contribution in [3.8, 4) is 0 Å². The highest BCUT2D eigenvalue weighted by Crippen LogP contribution is 2.46. The Morgan fingerprint density at radius 2 is 2.17 bits per heavy atom. The molecule has 118 valence electrons. The smallest absolute Gasteiger partial charge is 0.330 e. The molecule has 0 bridgehead atoms. The van der Waals surface area contributed by atoms with Crippen LogP contribution in [0.25, 0.3) is 20.2 Å². The largest absolute Gasteiger partial charge is 0.464 e. The second kappa shape index (κ2) is 5.49. The maximum absolute atomic E-state index is 12.2. The number of carbonyl (C=O) groups is 1. The molecule has 1 aliphatic heterocycles. The maximum Gasteiger partial charge on any atom is 0.330 e. The van der Waals surface area contributed by atoms with E-state index in [9.17, 15) is 4.79 Å². The van der Waals surface area contributed by atoms with Gasteiger partial charge >= 0.3 is 5.97 Å². The van der Waals surface area contributed by atoms with E-state index >= 15 is 0 Å². The summed E-state index contributed by atoms with van der Waals surface area (Å²) in [5, 5.41) is 2.58. The molecule has 0 aliphatic carbocycles. The van der Waals surface area contributed by atoms with E-state index in [4.69, 9.17) is 4.74 Å². The number of nitrogens with zero attached hydrogens (tertiary/aromatic N) is 1. The summed E-state index contributed by atoms with van der Waals surface area (Å²) in [7, 11) is 0. The van der Waals surface area contributed by atoms with Crippen LogP contribution in [0.15, 0.2) is 30.3 Å². The Morgan fingerprint density at radius 3 is 2.96 bits per heavy atom. The molecule has 3 nitrogen and oxygen atoms in total. The van der Waals surface area contributed by atoms with E-state index in [1.54, 1.807) is 0 Å². The number of fused-ring (bicyclic) bond motifs is 4. The van der Waals surface area contributed by atoms with Crippen molar-refractivity contribution in [2.75, 3.05) is 10.5 Å². The summed E-state index contributed by atoms with van der Waals surface area (Å²) in [6, 6.07) is 10.4. The minimum Gasteiger partial charge on any atom is -0.464 e. The number of halogens is 1. The molecule has 1 unspecified atom stereocenters. The molecule has 0 saturated heterocycles. The van der Waals surface area contributed by atoms with E-state index in [1.807, 2.05) is 22.2 Å². The number of esters is 1. The normalized spacial score (nSPS) is 17.0. The van der Waals surface area contributed by atoms with Crippen LogP contribution >= 0.6 is 27.5 Å². The quantitative estimate of drug-likeness (QED) is 0.457. The Kier molecular flexibility index (Phi) is 3.58. The third kappa shape index (κ3) is 2.17. The molecule has 0 saturated carbocycles. The minimum absolute atomic E-state index is 0.173. The fourth-order valence-electron chi connectivity index (χ4n) is 3.45. The molecule has 23 heavy (non-hydrogen) atoms. The predicted octanol–water partition coefficient (Wildman–Crippen LogP) is 4.97. The van der Waals surface area contributed by atoms with Crippen molar-refractivity contribution in [1.29, 1.82) is 0 Å². The van der Waals surface area contributed by atoms with Crippen LogP contribution in [0.1, 0.15) is 18.1 Å². The van der Waals surface area contributed by atoms with Gasteiger partial charge in [0.1, 0.15) is 6.04 Å². The van der Waals surface area contributed by atoms with E-state index in [1.165, 1.54) is 31.3 Å². The number of aryl methyl sites for hydroxylation is 1. The Balaban J connectivity index is 1.90. The number of carbonyl (C=O) groups excluding carboxylic acids is 1. The number of hydrogen-bond acceptors (Lipinski definition) is 4. The topological polar surface area (TPSA) is 29.5 Å². The molecule has 0 spiro atoms. The molecule has 0 N–H and O–H groups in total. The Hall–Kier alpha value is -1.59. The van der Waals surface area contributed by atoms with Crippen LogP contribution in [-0.2, 0) is 16.0 Å². The molecule has 2 heterocycles. The summed E-state index contributed by atoms with van der Waals surface area (Å²) < 4.78 is 9.70. The Labute approximate surface area is 147 Å². The zero-order chi connectivity index (χ0) is 16.1. The molecule has 1 atom stereocenters. The van der Waals surface area contributed by atoms with Gasteiger partial charge in [-0.25, -0.2) is 4.79 Å². The van der Waals surface area contributed by atoms with Gasteiger partial charge in [-0.05, 0) is 37.1 Å². The van der Waals surface area contributed by atoms with Crippen LogP contribution in [0.4, 0.5) is 5.69 Å². The highest BCUT2D eigenvalue weighted by molar-refractivity contribution is 9.10. The second-order valence-electron chi connectivity index (χ2n) is 5.76. The minimum atomic E-state index is -0.286. The van der Waals surface area contributed by atoms with Gasteiger partial charge < -0.3 is 4.74 Å². The third-order valence-corrected chi connectivity index (χ3v) is 6.39. The SMILES string of the molecule is CCOC(=O)C1Cc2cc3sc4ccccc4c3c(C)c2N1Br. The zero-order valence-electron chi connectivity index (χ0n) is 12.9. The van der Waals surface area contributed by atoms with Gasteiger partial charge in [-0.2, -0.15) is 0 Å². The Bertz CT molecular complexity index is 934. The monoisotopic (exact) mass is 389 g/mol. The predicted molar refractivity (Wildman–Crippen MR) is 99.6 cm³/mol. The summed E-state index contributed by atoms with van der Waals surface area (Å²) in [4.78, 5) is 12.2. The average Bonchev–Trinajstić information content (AvgIpc) is 3.06. The lowest BCUT2D eigenvalue weighted by Gasteiger charge is -2.19. The fourth-order valence-corrected chi connectivity index (χ4v) is 5.49. The summed E-state index contributed by atoms with van der Waals surface area (Å²) in [5.74, 6) is -0.173. The average molecular weight is 390 g/mol. The number of anilines is 1. The Morgan fingerprint density at radius 1 is 1.39 bits per heavy atom. The summed E-state index contributed by atoms with van der Waals surface area (Å²) in [5.41, 5.74) is 3.54. The molecule has 2 aromatic carbocycles. The van der Waals surface area contributed by atoms with Gasteiger partial charge in [0.05, 0.1) is 28.4 Å². The number of ether oxygens (including phenoxy) is 1. The lowest BCUT2D eigenvalue weighted by atomic mass is 10.0. The fraction of sp³-hybridized carbons (Fsp3) is 0.278. The van der Waals surface area contributed by atoms with Crippen molar-refractivity contribution in [2.45, 2.75) is 26.3 Å². The molecule has 0 fully saturated rings. The van der Waals surface area contributed by atoms with Gasteiger partial charge in [0.25, 0.3) is 0 Å². The van der Waals surface area contributed by atoms with Crippen molar-refractivity contribution < 1.29 is 9.53 Å². The molecule has 1 aliphatic rings. The molecule has 1 aromatic heterocycles. The van der Waals surface area contributed by atoms with Crippen LogP contribution in [-0.4, -0.2) is 18.6 Å². The van der Waals surface area contributed by atoms with Gasteiger partial charge in [0.15, 0.2) is 0 Å². The lowest BCUT2D eigenvalue weighted by Crippen LogP contribution is -2.33. The van der Waals surface area contributed by atoms with Crippen molar-refractivity contribution in [1.82, 2.24) is 0 Å². The van der Waals surface area contributed by atoms with E-state index in [0.717, 1.165) is 5.69 Å². The maximum atomic E-state index is 12.2. The molecule has 5 heteroatoms. The number of rotatable bonds is 2. The first-order valence-electron chi connectivity index (χ1n) is 7.67. The van der Waals surface area contributed by atoms with E-state index in [0.29, 0.717) is 13.0 Å². The lowest BCUT2D eigenvalue weighted by molar-refractivity contribution is -0.144. The van der Waals surface area contributed by atoms with Crippen molar-refractivity contribution in [2.24, 2.45) is 0 Å². The highest BCUT2D eigenvalue weighted by atomic mass is 79.9. The van der Waals surface area contributed by atoms with Crippen molar-refractivity contribution in [3.05, 3.63) is 41.5 Å². The molecule has 0 radical (unpaired) electrons. The van der Waals surface area contributed by atoms with Gasteiger partial charge in [-0.1, -0.05) is 18.2 Å². The molecule has 0 amide bonds. The molecule has 4 rings (SSSR count). The van der Waals surface area contributed by atoms with Crippen LogP contribution in [0.5, 0.6) is 0 Å². The van der Waals surface area contributed by atoms with E-state index in [-0.39, 0.29) is 12.0 Å². The summed E-state index contributed by atoms with van der Waals surface area (Å²) in [6.07, 6.45) is 0.685. The number of benzene rings is 2. The highest BCUT2D eigenvalue weighted by Gasteiger charge is 2.36. The molecule has 3 aromatic rings. The van der Waals surface area contributed by atoms with Crippen molar-refractivity contribution >= 4 is 59.3 Å². The van der Waals surface area contributed by atoms with Crippen LogP contribution in [0.2, 0.25) is 0 Å². The van der Waals surface area contributed by atoms with Crippen molar-refractivity contribution in [3.63, 3.8) is 0 Å². The molecular weight excluding hydrogens is 374 g/mol. The van der Waals surface area contributed by atoms with Gasteiger partial charge in [0.2, 0.25) is 0 Å². The zero-order valence-corrected chi connectivity index (χ0v) is 15.3. The van der Waals surface area contributed by atoms with Crippen LogP contribution in [0, 0.1) is 6.92 Å². The van der Waals surface area contributed by atoms with E-state index < -0.39 is 0 Å². The number of hydrogen-bond donors (Lipinski definition) is 0. The van der Waals surface area contributed by atoms with Crippen LogP contribution in [0.3, 0.4) is 0 Å². The van der Waals surface area contributed by atoms with Gasteiger partial charge in [-0.15, -0.1) is 11.3 Å². The van der Waals surface area contributed by atoms with Gasteiger partial charge in [-0.3, -0.25) is 3.93 Å². The molecular formula is C18H16BrNO2S. The van der Waals surface area contributed by atoms with Gasteiger partial charge in [0, 0.05) is 26.6 Å². The standard InChI is InChI=1S/C18H16BrNO2S/c1-3-22-18(21)13-8-11-9-15-16(10(2)17(11)20(13)19)12-6-4-5-7-14(12)23-15/h4-7,9,13H,3,8H2,1-2H3. The summed E-state index contributed by atoms with van der Waals surface area (Å²) in [6.45, 7) is 4.39. The first-order chi connectivity index (χ1) is 11.1. The van der Waals surface area contributed by atoms with Crippen LogP contribution < -0.4 is 3.93 Å². The first kappa shape index (κ1) is 15.0. The number of thiophene rings is 1. The second-order valence-corrected chi connectivity index (χ2v) is 7.61. The first-order valence-corrected chi connectivity index (χ1v) is 9.19. The summed E-state index contributed by atoms with van der Waals surface area (Å²) >= 11 is 5.41.